The summed E-state index contributed by atoms with van der Waals surface area (Å²) in [6, 6.07) is 5.20. The SMILES string of the molecule is O=C(Nc1ccn[nH]1)c1ccn2cncc2c1. The van der Waals surface area contributed by atoms with E-state index in [4.69, 9.17) is 0 Å². The molecule has 3 rings (SSSR count). The Morgan fingerprint density at radius 1 is 1.41 bits per heavy atom. The molecule has 17 heavy (non-hydrogen) atoms. The Labute approximate surface area is 96.3 Å². The number of anilines is 1. The first kappa shape index (κ1) is 9.59. The van der Waals surface area contributed by atoms with E-state index in [9.17, 15) is 4.79 Å². The van der Waals surface area contributed by atoms with Gasteiger partial charge >= 0.3 is 0 Å². The van der Waals surface area contributed by atoms with Crippen LogP contribution in [0, 0.1) is 0 Å². The molecule has 0 atom stereocenters. The lowest BCUT2D eigenvalue weighted by atomic mass is 10.2. The van der Waals surface area contributed by atoms with Gasteiger partial charge < -0.3 is 9.72 Å². The van der Waals surface area contributed by atoms with Crippen molar-refractivity contribution in [2.75, 3.05) is 5.32 Å². The number of fused-ring (bicyclic) bond motifs is 1. The second kappa shape index (κ2) is 3.75. The summed E-state index contributed by atoms with van der Waals surface area (Å²) in [6.07, 6.45) is 6.76. The van der Waals surface area contributed by atoms with Crippen LogP contribution in [0.25, 0.3) is 5.52 Å². The van der Waals surface area contributed by atoms with Crippen molar-refractivity contribution in [3.63, 3.8) is 0 Å². The van der Waals surface area contributed by atoms with E-state index in [1.165, 1.54) is 0 Å². The first-order valence-electron chi connectivity index (χ1n) is 5.05. The van der Waals surface area contributed by atoms with Crippen molar-refractivity contribution in [3.05, 3.63) is 48.7 Å². The molecule has 84 valence electrons. The topological polar surface area (TPSA) is 75.1 Å². The Bertz CT molecular complexity index is 655. The molecular formula is C11H9N5O. The van der Waals surface area contributed by atoms with Gasteiger partial charge in [-0.05, 0) is 12.1 Å². The number of H-pyrrole nitrogens is 1. The van der Waals surface area contributed by atoms with Crippen LogP contribution in [-0.2, 0) is 0 Å². The molecule has 2 N–H and O–H groups in total. The number of hydrogen-bond acceptors (Lipinski definition) is 3. The summed E-state index contributed by atoms with van der Waals surface area (Å²) in [7, 11) is 0. The first-order chi connectivity index (χ1) is 8.33. The van der Waals surface area contributed by atoms with Crippen molar-refractivity contribution < 1.29 is 4.79 Å². The zero-order chi connectivity index (χ0) is 11.7. The maximum Gasteiger partial charge on any atom is 0.256 e. The maximum atomic E-state index is 11.9. The molecular weight excluding hydrogens is 218 g/mol. The molecule has 6 heteroatoms. The van der Waals surface area contributed by atoms with Crippen LogP contribution in [0.2, 0.25) is 0 Å². The van der Waals surface area contributed by atoms with Gasteiger partial charge in [-0.1, -0.05) is 0 Å². The Morgan fingerprint density at radius 2 is 2.35 bits per heavy atom. The number of nitrogens with zero attached hydrogens (tertiary/aromatic N) is 3. The van der Waals surface area contributed by atoms with E-state index in [1.54, 1.807) is 43.1 Å². The molecule has 0 saturated carbocycles. The van der Waals surface area contributed by atoms with Gasteiger partial charge in [-0.2, -0.15) is 5.10 Å². The normalized spacial score (nSPS) is 10.6. The van der Waals surface area contributed by atoms with Crippen LogP contribution in [0.15, 0.2) is 43.1 Å². The third-order valence-corrected chi connectivity index (χ3v) is 2.43. The van der Waals surface area contributed by atoms with Crippen LogP contribution in [0.3, 0.4) is 0 Å². The third kappa shape index (κ3) is 1.76. The molecule has 3 aromatic rings. The molecule has 0 aromatic carbocycles. The van der Waals surface area contributed by atoms with Crippen molar-refractivity contribution in [2.45, 2.75) is 0 Å². The second-order valence-corrected chi connectivity index (χ2v) is 3.57. The zero-order valence-corrected chi connectivity index (χ0v) is 8.79. The lowest BCUT2D eigenvalue weighted by molar-refractivity contribution is 0.102. The Kier molecular flexibility index (Phi) is 2.11. The summed E-state index contributed by atoms with van der Waals surface area (Å²) >= 11 is 0. The fraction of sp³-hybridized carbons (Fsp3) is 0. The van der Waals surface area contributed by atoms with Crippen LogP contribution in [0.5, 0.6) is 0 Å². The number of rotatable bonds is 2. The summed E-state index contributed by atoms with van der Waals surface area (Å²) in [4.78, 5) is 15.9. The van der Waals surface area contributed by atoms with Gasteiger partial charge in [0.2, 0.25) is 0 Å². The van der Waals surface area contributed by atoms with Crippen molar-refractivity contribution in [2.24, 2.45) is 0 Å². The van der Waals surface area contributed by atoms with Crippen molar-refractivity contribution in [1.82, 2.24) is 19.6 Å². The number of carbonyl (C=O) groups is 1. The number of aromatic nitrogens is 4. The lowest BCUT2D eigenvalue weighted by Crippen LogP contribution is -2.12. The largest absolute Gasteiger partial charge is 0.307 e. The predicted octanol–water partition coefficient (Wildman–Crippen LogP) is 1.31. The number of aromatic amines is 1. The minimum atomic E-state index is -0.182. The number of carbonyl (C=O) groups excluding carboxylic acids is 1. The van der Waals surface area contributed by atoms with E-state index in [1.807, 2.05) is 4.40 Å². The van der Waals surface area contributed by atoms with Crippen molar-refractivity contribution in [3.8, 4) is 0 Å². The van der Waals surface area contributed by atoms with Crippen molar-refractivity contribution in [1.29, 1.82) is 0 Å². The van der Waals surface area contributed by atoms with Gasteiger partial charge in [0.05, 0.1) is 24.2 Å². The smallest absolute Gasteiger partial charge is 0.256 e. The molecule has 0 bridgehead atoms. The molecule has 0 spiro atoms. The maximum absolute atomic E-state index is 11.9. The molecule has 0 radical (unpaired) electrons. The lowest BCUT2D eigenvalue weighted by Gasteiger charge is -2.02. The highest BCUT2D eigenvalue weighted by Crippen LogP contribution is 2.09. The molecule has 0 aliphatic carbocycles. The van der Waals surface area contributed by atoms with Gasteiger partial charge in [0, 0.05) is 17.8 Å². The molecule has 0 unspecified atom stereocenters. The number of hydrogen-bond donors (Lipinski definition) is 2. The van der Waals surface area contributed by atoms with E-state index in [0.717, 1.165) is 5.52 Å². The summed E-state index contributed by atoms with van der Waals surface area (Å²) in [5.74, 6) is 0.390. The van der Waals surface area contributed by atoms with Gasteiger partial charge in [-0.3, -0.25) is 9.89 Å². The summed E-state index contributed by atoms with van der Waals surface area (Å²) in [5, 5.41) is 9.14. The molecule has 6 nitrogen and oxygen atoms in total. The summed E-state index contributed by atoms with van der Waals surface area (Å²) < 4.78 is 1.84. The summed E-state index contributed by atoms with van der Waals surface area (Å²) in [6.45, 7) is 0. The van der Waals surface area contributed by atoms with E-state index in [2.05, 4.69) is 20.5 Å². The Hall–Kier alpha value is -2.63. The van der Waals surface area contributed by atoms with Gasteiger partial charge in [-0.25, -0.2) is 4.98 Å². The van der Waals surface area contributed by atoms with Crippen LogP contribution in [0.4, 0.5) is 5.82 Å². The first-order valence-corrected chi connectivity index (χ1v) is 5.05. The Morgan fingerprint density at radius 3 is 3.18 bits per heavy atom. The highest BCUT2D eigenvalue weighted by molar-refractivity contribution is 6.04. The fourth-order valence-corrected chi connectivity index (χ4v) is 1.58. The number of amides is 1. The Balaban J connectivity index is 1.90. The van der Waals surface area contributed by atoms with Gasteiger partial charge in [-0.15, -0.1) is 0 Å². The molecule has 0 fully saturated rings. The van der Waals surface area contributed by atoms with Crippen LogP contribution in [-0.4, -0.2) is 25.5 Å². The van der Waals surface area contributed by atoms with Gasteiger partial charge in [0.25, 0.3) is 5.91 Å². The standard InChI is InChI=1S/C11H9N5O/c17-11(14-10-1-3-13-15-10)8-2-4-16-7-12-6-9(16)5-8/h1-7H,(H2,13,14,15,17). The minimum Gasteiger partial charge on any atom is -0.307 e. The highest BCUT2D eigenvalue weighted by Gasteiger charge is 2.07. The average molecular weight is 227 g/mol. The average Bonchev–Trinajstić information content (AvgIpc) is 2.97. The number of nitrogens with one attached hydrogen (secondary N) is 2. The van der Waals surface area contributed by atoms with E-state index < -0.39 is 0 Å². The second-order valence-electron chi connectivity index (χ2n) is 3.57. The highest BCUT2D eigenvalue weighted by atomic mass is 16.1. The van der Waals surface area contributed by atoms with Gasteiger partial charge in [0.1, 0.15) is 5.82 Å². The molecule has 0 saturated heterocycles. The quantitative estimate of drug-likeness (QED) is 0.693. The monoisotopic (exact) mass is 227 g/mol. The van der Waals surface area contributed by atoms with Gasteiger partial charge in [0.15, 0.2) is 0 Å². The molecule has 0 aliphatic rings. The molecule has 3 aromatic heterocycles. The fourth-order valence-electron chi connectivity index (χ4n) is 1.58. The third-order valence-electron chi connectivity index (χ3n) is 2.43. The summed E-state index contributed by atoms with van der Waals surface area (Å²) in [5.41, 5.74) is 1.45. The van der Waals surface area contributed by atoms with E-state index in [-0.39, 0.29) is 5.91 Å². The van der Waals surface area contributed by atoms with Crippen molar-refractivity contribution >= 4 is 17.2 Å². The minimum absolute atomic E-state index is 0.182. The predicted molar refractivity (Wildman–Crippen MR) is 61.7 cm³/mol. The van der Waals surface area contributed by atoms with Crippen LogP contribution < -0.4 is 5.32 Å². The zero-order valence-electron chi connectivity index (χ0n) is 8.79. The van der Waals surface area contributed by atoms with Crippen LogP contribution in [0.1, 0.15) is 10.4 Å². The van der Waals surface area contributed by atoms with Crippen LogP contribution >= 0.6 is 0 Å². The van der Waals surface area contributed by atoms with E-state index >= 15 is 0 Å². The number of pyridine rings is 1. The molecule has 3 heterocycles. The van der Waals surface area contributed by atoms with E-state index in [0.29, 0.717) is 11.4 Å². The molecule has 0 aliphatic heterocycles. The number of imidazole rings is 1. The molecule has 1 amide bonds.